The van der Waals surface area contributed by atoms with Crippen molar-refractivity contribution in [3.8, 4) is 11.6 Å². The van der Waals surface area contributed by atoms with Crippen molar-refractivity contribution in [3.63, 3.8) is 0 Å². The lowest BCUT2D eigenvalue weighted by Gasteiger charge is -2.06. The predicted octanol–water partition coefficient (Wildman–Crippen LogP) is 0.254. The summed E-state index contributed by atoms with van der Waals surface area (Å²) in [7, 11) is -3.41. The van der Waals surface area contributed by atoms with Crippen molar-refractivity contribution in [2.75, 3.05) is 22.0 Å². The summed E-state index contributed by atoms with van der Waals surface area (Å²) in [6.45, 7) is 0. The van der Waals surface area contributed by atoms with E-state index in [4.69, 9.17) is 10.2 Å². The maximum absolute atomic E-state index is 12.1. The molecule has 0 bridgehead atoms. The van der Waals surface area contributed by atoms with Gasteiger partial charge in [-0.2, -0.15) is 0 Å². The highest BCUT2D eigenvalue weighted by molar-refractivity contribution is 7.92. The minimum absolute atomic E-state index is 0.0262. The number of sulfonamides is 1. The highest BCUT2D eigenvalue weighted by Gasteiger charge is 2.18. The molecule has 26 heavy (non-hydrogen) atoms. The van der Waals surface area contributed by atoms with E-state index in [1.807, 2.05) is 0 Å². The van der Waals surface area contributed by atoms with Gasteiger partial charge in [0, 0.05) is 5.69 Å². The molecule has 0 spiro atoms. The minimum atomic E-state index is -3.41. The SMILES string of the molecule is CS(=O)(=O)Nc1cccc(CC(=O)Nc2nnc(-c3nonc3N)o2)c1. The van der Waals surface area contributed by atoms with E-state index in [1.165, 1.54) is 0 Å². The fourth-order valence-corrected chi connectivity index (χ4v) is 2.58. The molecular weight excluding hydrogens is 366 g/mol. The number of carbonyl (C=O) groups is 1. The summed E-state index contributed by atoms with van der Waals surface area (Å²) >= 11 is 0. The number of carbonyl (C=O) groups excluding carboxylic acids is 1. The Morgan fingerprint density at radius 2 is 2.08 bits per heavy atom. The fraction of sp³-hybridized carbons (Fsp3) is 0.154. The first-order valence-corrected chi connectivity index (χ1v) is 8.98. The van der Waals surface area contributed by atoms with Crippen molar-refractivity contribution in [1.29, 1.82) is 0 Å². The maximum Gasteiger partial charge on any atom is 0.322 e. The first-order valence-electron chi connectivity index (χ1n) is 7.08. The molecule has 0 aliphatic rings. The van der Waals surface area contributed by atoms with Crippen LogP contribution in [0.4, 0.5) is 17.5 Å². The van der Waals surface area contributed by atoms with Crippen LogP contribution in [0, 0.1) is 0 Å². The molecular formula is C13H13N7O5S. The Labute approximate surface area is 146 Å². The molecule has 3 aromatic rings. The number of nitrogens with zero attached hydrogens (tertiary/aromatic N) is 4. The van der Waals surface area contributed by atoms with Gasteiger partial charge in [0.15, 0.2) is 0 Å². The molecule has 4 N–H and O–H groups in total. The number of hydrogen-bond acceptors (Lipinski definition) is 10. The average molecular weight is 379 g/mol. The summed E-state index contributed by atoms with van der Waals surface area (Å²) in [6, 6.07) is 6.26. The van der Waals surface area contributed by atoms with E-state index in [-0.39, 0.29) is 29.8 Å². The Bertz CT molecular complexity index is 1040. The molecule has 0 saturated carbocycles. The molecule has 0 saturated heterocycles. The van der Waals surface area contributed by atoms with Crippen LogP contribution in [-0.2, 0) is 21.2 Å². The number of benzene rings is 1. The summed E-state index contributed by atoms with van der Waals surface area (Å²) in [4.78, 5) is 12.1. The van der Waals surface area contributed by atoms with Gasteiger partial charge in [0.25, 0.3) is 5.89 Å². The van der Waals surface area contributed by atoms with Gasteiger partial charge in [-0.3, -0.25) is 14.8 Å². The third kappa shape index (κ3) is 4.32. The van der Waals surface area contributed by atoms with E-state index >= 15 is 0 Å². The van der Waals surface area contributed by atoms with Crippen LogP contribution in [0.5, 0.6) is 0 Å². The number of nitrogen functional groups attached to an aromatic ring is 1. The van der Waals surface area contributed by atoms with Crippen molar-refractivity contribution in [2.45, 2.75) is 6.42 Å². The van der Waals surface area contributed by atoms with Gasteiger partial charge in [-0.05, 0) is 28.0 Å². The first kappa shape index (κ1) is 17.3. The van der Waals surface area contributed by atoms with Crippen LogP contribution in [0.15, 0.2) is 33.3 Å². The first-order chi connectivity index (χ1) is 12.3. The highest BCUT2D eigenvalue weighted by atomic mass is 32.2. The molecule has 0 atom stereocenters. The number of amides is 1. The summed E-state index contributed by atoms with van der Waals surface area (Å²) in [6.07, 6.45) is 1.00. The van der Waals surface area contributed by atoms with E-state index in [1.54, 1.807) is 24.3 Å². The highest BCUT2D eigenvalue weighted by Crippen LogP contribution is 2.22. The third-order valence-electron chi connectivity index (χ3n) is 2.98. The van der Waals surface area contributed by atoms with Crippen molar-refractivity contribution >= 4 is 33.5 Å². The normalized spacial score (nSPS) is 11.3. The molecule has 0 radical (unpaired) electrons. The van der Waals surface area contributed by atoms with Gasteiger partial charge in [0.2, 0.25) is 27.4 Å². The lowest BCUT2D eigenvalue weighted by Crippen LogP contribution is -2.15. The second kappa shape index (κ2) is 6.79. The van der Waals surface area contributed by atoms with Crippen LogP contribution >= 0.6 is 0 Å². The quantitative estimate of drug-likeness (QED) is 0.537. The number of nitrogens with one attached hydrogen (secondary N) is 2. The van der Waals surface area contributed by atoms with Crippen molar-refractivity contribution in [1.82, 2.24) is 20.5 Å². The lowest BCUT2D eigenvalue weighted by molar-refractivity contribution is -0.115. The van der Waals surface area contributed by atoms with Crippen molar-refractivity contribution in [3.05, 3.63) is 29.8 Å². The van der Waals surface area contributed by atoms with Crippen molar-refractivity contribution < 1.29 is 22.3 Å². The molecule has 13 heteroatoms. The van der Waals surface area contributed by atoms with Crippen LogP contribution in [0.2, 0.25) is 0 Å². The molecule has 136 valence electrons. The van der Waals surface area contributed by atoms with E-state index in [9.17, 15) is 13.2 Å². The summed E-state index contributed by atoms with van der Waals surface area (Å²) in [5, 5.41) is 16.7. The molecule has 0 unspecified atom stereocenters. The smallest absolute Gasteiger partial charge is 0.322 e. The Balaban J connectivity index is 1.65. The standard InChI is InChI=1S/C13H13N7O5S/c1-26(22,23)20-8-4-2-3-7(5-8)6-9(21)15-13-17-16-12(24-13)10-11(14)19-25-18-10/h2-5,20H,6H2,1H3,(H2,14,19)(H,15,17,21). The Morgan fingerprint density at radius 3 is 2.77 bits per heavy atom. The number of nitrogens with two attached hydrogens (primary N) is 1. The van der Waals surface area contributed by atoms with Crippen molar-refractivity contribution in [2.24, 2.45) is 0 Å². The number of hydrogen-bond donors (Lipinski definition) is 3. The zero-order valence-corrected chi connectivity index (χ0v) is 14.1. The summed E-state index contributed by atoms with van der Waals surface area (Å²) in [5.41, 5.74) is 6.52. The summed E-state index contributed by atoms with van der Waals surface area (Å²) < 4.78 is 34.5. The van der Waals surface area contributed by atoms with Crippen LogP contribution in [0.3, 0.4) is 0 Å². The number of rotatable bonds is 6. The van der Waals surface area contributed by atoms with E-state index in [0.717, 1.165) is 6.26 Å². The van der Waals surface area contributed by atoms with Gasteiger partial charge in [0.1, 0.15) is 0 Å². The molecule has 0 aliphatic carbocycles. The second-order valence-electron chi connectivity index (χ2n) is 5.21. The topological polar surface area (TPSA) is 179 Å². The van der Waals surface area contributed by atoms with E-state index < -0.39 is 15.9 Å². The lowest BCUT2D eigenvalue weighted by atomic mass is 10.1. The zero-order valence-electron chi connectivity index (χ0n) is 13.3. The molecule has 3 rings (SSSR count). The fourth-order valence-electron chi connectivity index (χ4n) is 2.02. The monoisotopic (exact) mass is 379 g/mol. The zero-order chi connectivity index (χ0) is 18.7. The van der Waals surface area contributed by atoms with Gasteiger partial charge in [0.05, 0.1) is 12.7 Å². The Morgan fingerprint density at radius 1 is 1.27 bits per heavy atom. The second-order valence-corrected chi connectivity index (χ2v) is 6.96. The molecule has 2 heterocycles. The number of anilines is 3. The molecule has 1 amide bonds. The molecule has 2 aromatic heterocycles. The van der Waals surface area contributed by atoms with Crippen LogP contribution < -0.4 is 15.8 Å². The van der Waals surface area contributed by atoms with Crippen LogP contribution in [-0.4, -0.2) is 41.1 Å². The minimum Gasteiger partial charge on any atom is -0.401 e. The average Bonchev–Trinajstić information content (AvgIpc) is 3.14. The van der Waals surface area contributed by atoms with Gasteiger partial charge in [-0.25, -0.2) is 13.0 Å². The molecule has 12 nitrogen and oxygen atoms in total. The largest absolute Gasteiger partial charge is 0.401 e. The Kier molecular flexibility index (Phi) is 4.53. The van der Waals surface area contributed by atoms with Gasteiger partial charge in [-0.1, -0.05) is 17.2 Å². The van der Waals surface area contributed by atoms with Gasteiger partial charge in [-0.15, -0.1) is 5.10 Å². The molecule has 1 aromatic carbocycles. The Hall–Kier alpha value is -3.48. The maximum atomic E-state index is 12.1. The van der Waals surface area contributed by atoms with E-state index in [2.05, 4.69) is 35.2 Å². The predicted molar refractivity (Wildman–Crippen MR) is 89.2 cm³/mol. The van der Waals surface area contributed by atoms with Gasteiger partial charge >= 0.3 is 6.01 Å². The third-order valence-corrected chi connectivity index (χ3v) is 3.59. The van der Waals surface area contributed by atoms with Crippen LogP contribution in [0.25, 0.3) is 11.6 Å². The summed E-state index contributed by atoms with van der Waals surface area (Å²) in [5.74, 6) is -0.525. The van der Waals surface area contributed by atoms with E-state index in [0.29, 0.717) is 11.3 Å². The molecule has 0 aliphatic heterocycles. The molecule has 0 fully saturated rings. The van der Waals surface area contributed by atoms with Gasteiger partial charge < -0.3 is 10.2 Å². The van der Waals surface area contributed by atoms with Crippen LogP contribution in [0.1, 0.15) is 5.56 Å². The number of aromatic nitrogens is 4.